The van der Waals surface area contributed by atoms with E-state index < -0.39 is 0 Å². The molecule has 27 heavy (non-hydrogen) atoms. The van der Waals surface area contributed by atoms with Gasteiger partial charge in [0.15, 0.2) is 5.76 Å². The summed E-state index contributed by atoms with van der Waals surface area (Å²) in [5.41, 5.74) is 2.60. The third kappa shape index (κ3) is 3.37. The Kier molecular flexibility index (Phi) is 4.52. The first kappa shape index (κ1) is 17.5. The van der Waals surface area contributed by atoms with Crippen LogP contribution in [0.25, 0.3) is 11.0 Å². The molecule has 5 heteroatoms. The maximum Gasteiger partial charge on any atom is 0.287 e. The Balaban J connectivity index is 1.61. The summed E-state index contributed by atoms with van der Waals surface area (Å²) in [6, 6.07) is 13.4. The molecule has 0 spiro atoms. The molecule has 1 atom stereocenters. The summed E-state index contributed by atoms with van der Waals surface area (Å²) in [7, 11) is 3.27. The number of hydrogen-bond donors (Lipinski definition) is 1. The summed E-state index contributed by atoms with van der Waals surface area (Å²) in [5.74, 6) is 2.19. The zero-order valence-electron chi connectivity index (χ0n) is 15.7. The van der Waals surface area contributed by atoms with Crippen molar-refractivity contribution in [2.24, 2.45) is 5.92 Å². The normalized spacial score (nSPS) is 14.8. The quantitative estimate of drug-likeness (QED) is 0.691. The number of carbonyl (C=O) groups is 1. The molecule has 1 aliphatic rings. The molecular formula is C22H23NO4. The molecule has 0 bridgehead atoms. The van der Waals surface area contributed by atoms with Gasteiger partial charge in [-0.15, -0.1) is 0 Å². The Morgan fingerprint density at radius 2 is 1.74 bits per heavy atom. The number of ether oxygens (including phenoxy) is 2. The Labute approximate surface area is 158 Å². The smallest absolute Gasteiger partial charge is 0.287 e. The fraction of sp³-hybridized carbons (Fsp3) is 0.318. The minimum atomic E-state index is -0.185. The second-order valence-electron chi connectivity index (χ2n) is 6.98. The predicted molar refractivity (Wildman–Crippen MR) is 103 cm³/mol. The molecule has 1 heterocycles. The van der Waals surface area contributed by atoms with E-state index in [4.69, 9.17) is 13.9 Å². The minimum absolute atomic E-state index is 0.0226. The van der Waals surface area contributed by atoms with Crippen molar-refractivity contribution >= 4 is 16.9 Å². The lowest BCUT2D eigenvalue weighted by Crippen LogP contribution is -2.30. The third-order valence-corrected chi connectivity index (χ3v) is 5.20. The van der Waals surface area contributed by atoms with E-state index in [1.807, 2.05) is 49.4 Å². The molecule has 1 saturated carbocycles. The highest BCUT2D eigenvalue weighted by molar-refractivity contribution is 5.99. The van der Waals surface area contributed by atoms with Gasteiger partial charge in [0.1, 0.15) is 17.1 Å². The zero-order valence-corrected chi connectivity index (χ0v) is 15.7. The standard InChI is InChI=1S/C22H23NO4/c1-13-18-12-17(26-3)10-11-19(18)27-21(13)22(24)23-20(14-4-5-14)15-6-8-16(25-2)9-7-15/h6-12,14,20H,4-5H2,1-3H3,(H,23,24). The average Bonchev–Trinajstić information content (AvgIpc) is 3.49. The lowest BCUT2D eigenvalue weighted by Gasteiger charge is -2.18. The first-order valence-corrected chi connectivity index (χ1v) is 9.12. The third-order valence-electron chi connectivity index (χ3n) is 5.20. The van der Waals surface area contributed by atoms with Gasteiger partial charge >= 0.3 is 0 Å². The first-order valence-electron chi connectivity index (χ1n) is 9.12. The summed E-state index contributed by atoms with van der Waals surface area (Å²) in [6.45, 7) is 1.90. The maximum atomic E-state index is 13.0. The van der Waals surface area contributed by atoms with Gasteiger partial charge < -0.3 is 19.2 Å². The van der Waals surface area contributed by atoms with Crippen molar-refractivity contribution in [2.75, 3.05) is 14.2 Å². The second kappa shape index (κ2) is 6.99. The molecule has 140 valence electrons. The van der Waals surface area contributed by atoms with E-state index in [0.29, 0.717) is 17.3 Å². The van der Waals surface area contributed by atoms with Crippen molar-refractivity contribution in [1.82, 2.24) is 5.32 Å². The highest BCUT2D eigenvalue weighted by Crippen LogP contribution is 2.41. The summed E-state index contributed by atoms with van der Waals surface area (Å²) in [4.78, 5) is 13.0. The maximum absolute atomic E-state index is 13.0. The average molecular weight is 365 g/mol. The van der Waals surface area contributed by atoms with E-state index in [-0.39, 0.29) is 11.9 Å². The summed E-state index contributed by atoms with van der Waals surface area (Å²) in [5, 5.41) is 4.07. The highest BCUT2D eigenvalue weighted by Gasteiger charge is 2.34. The van der Waals surface area contributed by atoms with Crippen LogP contribution < -0.4 is 14.8 Å². The summed E-state index contributed by atoms with van der Waals surface area (Å²) >= 11 is 0. The number of nitrogens with one attached hydrogen (secondary N) is 1. The van der Waals surface area contributed by atoms with Crippen LogP contribution in [0.5, 0.6) is 11.5 Å². The van der Waals surface area contributed by atoms with Crippen LogP contribution in [0.3, 0.4) is 0 Å². The van der Waals surface area contributed by atoms with Crippen molar-refractivity contribution in [1.29, 1.82) is 0 Å². The van der Waals surface area contributed by atoms with E-state index >= 15 is 0 Å². The molecule has 2 aromatic carbocycles. The zero-order chi connectivity index (χ0) is 19.0. The number of benzene rings is 2. The fourth-order valence-corrected chi connectivity index (χ4v) is 3.46. The Morgan fingerprint density at radius 3 is 2.37 bits per heavy atom. The van der Waals surface area contributed by atoms with Crippen LogP contribution in [0, 0.1) is 12.8 Å². The molecule has 0 radical (unpaired) electrons. The van der Waals surface area contributed by atoms with Crippen LogP contribution in [-0.4, -0.2) is 20.1 Å². The number of carbonyl (C=O) groups excluding carboxylic acids is 1. The van der Waals surface area contributed by atoms with Gasteiger partial charge in [-0.3, -0.25) is 4.79 Å². The molecule has 0 aliphatic heterocycles. The van der Waals surface area contributed by atoms with E-state index in [2.05, 4.69) is 5.32 Å². The Morgan fingerprint density at radius 1 is 1.07 bits per heavy atom. The predicted octanol–water partition coefficient (Wildman–Crippen LogP) is 4.64. The van der Waals surface area contributed by atoms with Crippen LogP contribution in [0.4, 0.5) is 0 Å². The van der Waals surface area contributed by atoms with Gasteiger partial charge in [-0.25, -0.2) is 0 Å². The van der Waals surface area contributed by atoms with Crippen molar-refractivity contribution < 1.29 is 18.7 Å². The molecule has 0 saturated heterocycles. The minimum Gasteiger partial charge on any atom is -0.497 e. The second-order valence-corrected chi connectivity index (χ2v) is 6.98. The van der Waals surface area contributed by atoms with Gasteiger partial charge in [-0.2, -0.15) is 0 Å². The molecule has 1 N–H and O–H groups in total. The van der Waals surface area contributed by atoms with E-state index in [1.165, 1.54) is 0 Å². The van der Waals surface area contributed by atoms with Crippen molar-refractivity contribution in [2.45, 2.75) is 25.8 Å². The number of rotatable bonds is 6. The number of aryl methyl sites for hydroxylation is 1. The summed E-state index contributed by atoms with van der Waals surface area (Å²) in [6.07, 6.45) is 2.24. The monoisotopic (exact) mass is 365 g/mol. The molecule has 1 unspecified atom stereocenters. The van der Waals surface area contributed by atoms with Crippen LogP contribution in [0.1, 0.15) is 40.6 Å². The lowest BCUT2D eigenvalue weighted by atomic mass is 10.0. The van der Waals surface area contributed by atoms with Gasteiger partial charge in [0.2, 0.25) is 0 Å². The Hall–Kier alpha value is -2.95. The molecule has 1 fully saturated rings. The SMILES string of the molecule is COc1ccc(C(NC(=O)c2oc3ccc(OC)cc3c2C)C2CC2)cc1. The fourth-order valence-electron chi connectivity index (χ4n) is 3.46. The number of furan rings is 1. The van der Waals surface area contributed by atoms with Crippen molar-refractivity contribution in [3.8, 4) is 11.5 Å². The lowest BCUT2D eigenvalue weighted by molar-refractivity contribution is 0.0905. The summed E-state index contributed by atoms with van der Waals surface area (Å²) < 4.78 is 16.4. The molecule has 1 aromatic heterocycles. The molecule has 1 amide bonds. The Bertz CT molecular complexity index is 970. The van der Waals surface area contributed by atoms with E-state index in [1.54, 1.807) is 14.2 Å². The molecule has 5 nitrogen and oxygen atoms in total. The van der Waals surface area contributed by atoms with E-state index in [0.717, 1.165) is 40.9 Å². The molecule has 4 rings (SSSR count). The largest absolute Gasteiger partial charge is 0.497 e. The number of fused-ring (bicyclic) bond motifs is 1. The number of hydrogen-bond acceptors (Lipinski definition) is 4. The van der Waals surface area contributed by atoms with E-state index in [9.17, 15) is 4.79 Å². The van der Waals surface area contributed by atoms with Gasteiger partial charge in [-0.1, -0.05) is 12.1 Å². The van der Waals surface area contributed by atoms with Crippen molar-refractivity contribution in [3.63, 3.8) is 0 Å². The highest BCUT2D eigenvalue weighted by atomic mass is 16.5. The van der Waals surface area contributed by atoms with Crippen LogP contribution in [0.2, 0.25) is 0 Å². The molecule has 1 aliphatic carbocycles. The van der Waals surface area contributed by atoms with Gasteiger partial charge in [0.25, 0.3) is 5.91 Å². The molecule has 3 aromatic rings. The van der Waals surface area contributed by atoms with Crippen LogP contribution >= 0.6 is 0 Å². The van der Waals surface area contributed by atoms with Gasteiger partial charge in [-0.05, 0) is 61.6 Å². The van der Waals surface area contributed by atoms with Gasteiger partial charge in [0, 0.05) is 10.9 Å². The molecular weight excluding hydrogens is 342 g/mol. The topological polar surface area (TPSA) is 60.7 Å². The van der Waals surface area contributed by atoms with Crippen LogP contribution in [-0.2, 0) is 0 Å². The first-order chi connectivity index (χ1) is 13.1. The van der Waals surface area contributed by atoms with Crippen LogP contribution in [0.15, 0.2) is 46.9 Å². The number of methoxy groups -OCH3 is 2. The number of amides is 1. The van der Waals surface area contributed by atoms with Gasteiger partial charge in [0.05, 0.1) is 20.3 Å². The van der Waals surface area contributed by atoms with Crippen molar-refractivity contribution in [3.05, 3.63) is 59.4 Å².